The Morgan fingerprint density at radius 3 is 2.33 bits per heavy atom. The molecule has 2 amide bonds. The highest BCUT2D eigenvalue weighted by Gasteiger charge is 2.30. The van der Waals surface area contributed by atoms with Crippen LogP contribution >= 0.6 is 0 Å². The van der Waals surface area contributed by atoms with Crippen molar-refractivity contribution in [1.29, 1.82) is 0 Å². The largest absolute Gasteiger partial charge is 0.339 e. The normalized spacial score (nSPS) is 15.8. The number of fused-ring (bicyclic) bond motifs is 1. The Balaban J connectivity index is 1.61. The van der Waals surface area contributed by atoms with Crippen molar-refractivity contribution in [3.63, 3.8) is 0 Å². The van der Waals surface area contributed by atoms with Gasteiger partial charge in [-0.05, 0) is 12.1 Å². The molecule has 7 nitrogen and oxygen atoms in total. The fourth-order valence-corrected chi connectivity index (χ4v) is 2.90. The van der Waals surface area contributed by atoms with E-state index in [4.69, 9.17) is 0 Å². The first-order chi connectivity index (χ1) is 11.4. The van der Waals surface area contributed by atoms with E-state index in [1.165, 1.54) is 0 Å². The van der Waals surface area contributed by atoms with E-state index in [9.17, 15) is 9.59 Å². The number of carbonyl (C=O) groups is 2. The molecule has 0 atom stereocenters. The molecule has 0 aliphatic carbocycles. The van der Waals surface area contributed by atoms with Crippen molar-refractivity contribution < 1.29 is 9.59 Å². The summed E-state index contributed by atoms with van der Waals surface area (Å²) >= 11 is 0. The molecular formula is C17H23N5O2. The smallest absolute Gasteiger partial charge is 0.244 e. The van der Waals surface area contributed by atoms with Crippen LogP contribution in [0.15, 0.2) is 24.3 Å². The molecule has 1 aliphatic rings. The van der Waals surface area contributed by atoms with Gasteiger partial charge < -0.3 is 9.80 Å². The zero-order valence-electron chi connectivity index (χ0n) is 14.4. The molecule has 7 heteroatoms. The van der Waals surface area contributed by atoms with Gasteiger partial charge in [0.05, 0.1) is 5.52 Å². The van der Waals surface area contributed by atoms with E-state index in [0.717, 1.165) is 11.0 Å². The van der Waals surface area contributed by atoms with E-state index in [1.807, 2.05) is 49.9 Å². The third-order valence-corrected chi connectivity index (χ3v) is 4.27. The van der Waals surface area contributed by atoms with Crippen LogP contribution in [-0.4, -0.2) is 62.8 Å². The number of rotatable bonds is 2. The Labute approximate surface area is 141 Å². The maximum Gasteiger partial charge on any atom is 0.244 e. The highest BCUT2D eigenvalue weighted by molar-refractivity contribution is 5.82. The number of hydrogen-bond acceptors (Lipinski definition) is 4. The number of carbonyl (C=O) groups excluding carboxylic acids is 2. The second-order valence-electron chi connectivity index (χ2n) is 7.16. The van der Waals surface area contributed by atoms with Crippen molar-refractivity contribution in [3.8, 4) is 0 Å². The van der Waals surface area contributed by atoms with E-state index < -0.39 is 0 Å². The number of nitrogens with zero attached hydrogens (tertiary/aromatic N) is 5. The predicted octanol–water partition coefficient (Wildman–Crippen LogP) is 1.15. The van der Waals surface area contributed by atoms with E-state index in [1.54, 1.807) is 9.58 Å². The van der Waals surface area contributed by atoms with Gasteiger partial charge in [-0.2, -0.15) is 0 Å². The molecule has 0 spiro atoms. The molecule has 0 radical (unpaired) electrons. The molecule has 128 valence electrons. The van der Waals surface area contributed by atoms with Gasteiger partial charge in [-0.1, -0.05) is 38.1 Å². The molecule has 1 aromatic carbocycles. The molecule has 0 saturated carbocycles. The molecule has 0 N–H and O–H groups in total. The SMILES string of the molecule is CC(C)(C)C(=O)N1CCN(C(=O)Cn2nnc3ccccc32)CC1. The summed E-state index contributed by atoms with van der Waals surface area (Å²) in [5.74, 6) is 0.144. The molecule has 1 saturated heterocycles. The fraction of sp³-hybridized carbons (Fsp3) is 0.529. The quantitative estimate of drug-likeness (QED) is 0.828. The summed E-state index contributed by atoms with van der Waals surface area (Å²) in [7, 11) is 0. The maximum atomic E-state index is 12.5. The van der Waals surface area contributed by atoms with Crippen LogP contribution in [-0.2, 0) is 16.1 Å². The Morgan fingerprint density at radius 1 is 1.04 bits per heavy atom. The van der Waals surface area contributed by atoms with Crippen LogP contribution < -0.4 is 0 Å². The lowest BCUT2D eigenvalue weighted by atomic mass is 9.94. The van der Waals surface area contributed by atoms with Crippen LogP contribution in [0.4, 0.5) is 0 Å². The summed E-state index contributed by atoms with van der Waals surface area (Å²) in [6.07, 6.45) is 0. The number of aromatic nitrogens is 3. The van der Waals surface area contributed by atoms with Crippen molar-refractivity contribution >= 4 is 22.8 Å². The molecular weight excluding hydrogens is 306 g/mol. The predicted molar refractivity (Wildman–Crippen MR) is 90.1 cm³/mol. The van der Waals surface area contributed by atoms with Gasteiger partial charge in [-0.25, -0.2) is 4.68 Å². The number of piperazine rings is 1. The Bertz CT molecular complexity index is 754. The minimum Gasteiger partial charge on any atom is -0.339 e. The lowest BCUT2D eigenvalue weighted by molar-refractivity contribution is -0.145. The molecule has 0 bridgehead atoms. The molecule has 1 fully saturated rings. The third-order valence-electron chi connectivity index (χ3n) is 4.27. The summed E-state index contributed by atoms with van der Waals surface area (Å²) in [5.41, 5.74) is 1.25. The van der Waals surface area contributed by atoms with Gasteiger partial charge >= 0.3 is 0 Å². The van der Waals surface area contributed by atoms with Gasteiger partial charge in [0, 0.05) is 31.6 Å². The average Bonchev–Trinajstić information content (AvgIpc) is 2.96. The first-order valence-corrected chi connectivity index (χ1v) is 8.21. The van der Waals surface area contributed by atoms with E-state index in [-0.39, 0.29) is 23.8 Å². The zero-order chi connectivity index (χ0) is 17.3. The van der Waals surface area contributed by atoms with Crippen molar-refractivity contribution in [1.82, 2.24) is 24.8 Å². The minimum absolute atomic E-state index is 0.00788. The van der Waals surface area contributed by atoms with Crippen molar-refractivity contribution in [2.75, 3.05) is 26.2 Å². The molecule has 2 aromatic rings. The van der Waals surface area contributed by atoms with Gasteiger partial charge in [0.15, 0.2) is 0 Å². The monoisotopic (exact) mass is 329 g/mol. The molecule has 24 heavy (non-hydrogen) atoms. The lowest BCUT2D eigenvalue weighted by Crippen LogP contribution is -2.53. The van der Waals surface area contributed by atoms with Gasteiger partial charge in [0.25, 0.3) is 0 Å². The van der Waals surface area contributed by atoms with Crippen LogP contribution in [0.2, 0.25) is 0 Å². The standard InChI is InChI=1S/C17H23N5O2/c1-17(2,3)16(24)21-10-8-20(9-11-21)15(23)12-22-14-7-5-4-6-13(14)18-19-22/h4-7H,8-12H2,1-3H3. The topological polar surface area (TPSA) is 71.3 Å². The lowest BCUT2D eigenvalue weighted by Gasteiger charge is -2.37. The van der Waals surface area contributed by atoms with Gasteiger partial charge in [-0.15, -0.1) is 5.10 Å². The van der Waals surface area contributed by atoms with Crippen LogP contribution in [0, 0.1) is 5.41 Å². The average molecular weight is 329 g/mol. The van der Waals surface area contributed by atoms with Crippen LogP contribution in [0.1, 0.15) is 20.8 Å². The number of benzene rings is 1. The minimum atomic E-state index is -0.383. The number of amides is 2. The fourth-order valence-electron chi connectivity index (χ4n) is 2.90. The second kappa shape index (κ2) is 6.22. The summed E-state index contributed by atoms with van der Waals surface area (Å²) in [6, 6.07) is 7.58. The van der Waals surface area contributed by atoms with Gasteiger partial charge in [-0.3, -0.25) is 9.59 Å². The summed E-state index contributed by atoms with van der Waals surface area (Å²) in [6.45, 7) is 8.22. The van der Waals surface area contributed by atoms with E-state index in [2.05, 4.69) is 10.3 Å². The van der Waals surface area contributed by atoms with Crippen LogP contribution in [0.25, 0.3) is 11.0 Å². The van der Waals surface area contributed by atoms with Crippen molar-refractivity contribution in [2.24, 2.45) is 5.41 Å². The van der Waals surface area contributed by atoms with Crippen molar-refractivity contribution in [2.45, 2.75) is 27.3 Å². The van der Waals surface area contributed by atoms with E-state index in [0.29, 0.717) is 26.2 Å². The summed E-state index contributed by atoms with van der Waals surface area (Å²) in [5, 5.41) is 8.13. The Kier molecular flexibility index (Phi) is 4.26. The third kappa shape index (κ3) is 3.25. The summed E-state index contributed by atoms with van der Waals surface area (Å²) < 4.78 is 1.63. The Hall–Kier alpha value is -2.44. The molecule has 2 heterocycles. The highest BCUT2D eigenvalue weighted by atomic mass is 16.2. The maximum absolute atomic E-state index is 12.5. The zero-order valence-corrected chi connectivity index (χ0v) is 14.4. The molecule has 1 aromatic heterocycles. The van der Waals surface area contributed by atoms with Gasteiger partial charge in [0.1, 0.15) is 12.1 Å². The molecule has 0 unspecified atom stereocenters. The second-order valence-corrected chi connectivity index (χ2v) is 7.16. The van der Waals surface area contributed by atoms with Crippen LogP contribution in [0.5, 0.6) is 0 Å². The molecule has 3 rings (SSSR count). The number of para-hydroxylation sites is 1. The van der Waals surface area contributed by atoms with E-state index >= 15 is 0 Å². The Morgan fingerprint density at radius 2 is 1.67 bits per heavy atom. The first kappa shape index (κ1) is 16.4. The van der Waals surface area contributed by atoms with Crippen LogP contribution in [0.3, 0.4) is 0 Å². The van der Waals surface area contributed by atoms with Gasteiger partial charge in [0.2, 0.25) is 11.8 Å². The first-order valence-electron chi connectivity index (χ1n) is 8.21. The molecule has 1 aliphatic heterocycles. The number of hydrogen-bond donors (Lipinski definition) is 0. The highest BCUT2D eigenvalue weighted by Crippen LogP contribution is 2.19. The van der Waals surface area contributed by atoms with Crippen molar-refractivity contribution in [3.05, 3.63) is 24.3 Å². The summed E-state index contributed by atoms with van der Waals surface area (Å²) in [4.78, 5) is 28.5.